The third kappa shape index (κ3) is 4.52. The molecule has 5 nitrogen and oxygen atoms in total. The summed E-state index contributed by atoms with van der Waals surface area (Å²) in [6, 6.07) is 9.99. The van der Waals surface area contributed by atoms with E-state index in [0.29, 0.717) is 35.9 Å². The van der Waals surface area contributed by atoms with E-state index in [1.54, 1.807) is 6.07 Å². The largest absolute Gasteiger partial charge is 0.355 e. The molecular weight excluding hydrogens is 326 g/mol. The van der Waals surface area contributed by atoms with Crippen molar-refractivity contribution in [1.82, 2.24) is 15.4 Å². The number of carbonyl (C=O) groups is 1. The van der Waals surface area contributed by atoms with Gasteiger partial charge < -0.3 is 9.84 Å². The maximum absolute atomic E-state index is 12.4. The predicted molar refractivity (Wildman–Crippen MR) is 103 cm³/mol. The second kappa shape index (κ2) is 8.04. The molecule has 0 radical (unpaired) electrons. The van der Waals surface area contributed by atoms with Gasteiger partial charge in [-0.3, -0.25) is 9.69 Å². The summed E-state index contributed by atoms with van der Waals surface area (Å²) in [5.41, 5.74) is 2.43. The van der Waals surface area contributed by atoms with Crippen LogP contribution in [0.25, 0.3) is 11.3 Å². The van der Waals surface area contributed by atoms with E-state index in [9.17, 15) is 4.79 Å². The maximum atomic E-state index is 12.4. The Hall–Kier alpha value is -2.14. The Morgan fingerprint density at radius 3 is 2.58 bits per heavy atom. The van der Waals surface area contributed by atoms with E-state index in [1.165, 1.54) is 12.0 Å². The Labute approximate surface area is 155 Å². The van der Waals surface area contributed by atoms with Gasteiger partial charge in [-0.1, -0.05) is 48.8 Å². The van der Waals surface area contributed by atoms with Crippen molar-refractivity contribution in [1.29, 1.82) is 0 Å². The normalized spacial score (nSPS) is 22.2. The first kappa shape index (κ1) is 18.6. The van der Waals surface area contributed by atoms with Crippen molar-refractivity contribution in [2.24, 2.45) is 11.8 Å². The zero-order valence-electron chi connectivity index (χ0n) is 16.2. The summed E-state index contributed by atoms with van der Waals surface area (Å²) in [5.74, 6) is 1.85. The fourth-order valence-corrected chi connectivity index (χ4v) is 3.77. The molecule has 2 aromatic rings. The first-order valence-corrected chi connectivity index (χ1v) is 9.48. The lowest BCUT2D eigenvalue weighted by molar-refractivity contribution is 0.0862. The van der Waals surface area contributed by atoms with Gasteiger partial charge in [0.25, 0.3) is 5.91 Å². The van der Waals surface area contributed by atoms with Crippen molar-refractivity contribution < 1.29 is 9.32 Å². The SMILES string of the molecule is Cc1ccc(-c2cc(C(=O)NC[C@@H](C)N3C[C@H](C)C[C@H](C)C3)no2)cc1. The number of piperidine rings is 1. The van der Waals surface area contributed by atoms with E-state index in [1.807, 2.05) is 31.2 Å². The monoisotopic (exact) mass is 355 g/mol. The van der Waals surface area contributed by atoms with Crippen LogP contribution in [0.4, 0.5) is 0 Å². The molecule has 5 heteroatoms. The molecule has 1 aromatic heterocycles. The van der Waals surface area contributed by atoms with Gasteiger partial charge in [-0.05, 0) is 32.1 Å². The summed E-state index contributed by atoms with van der Waals surface area (Å²) in [6.45, 7) is 11.6. The molecule has 1 fully saturated rings. The molecule has 1 aliphatic rings. The quantitative estimate of drug-likeness (QED) is 0.887. The smallest absolute Gasteiger partial charge is 0.273 e. The summed E-state index contributed by atoms with van der Waals surface area (Å²) >= 11 is 0. The van der Waals surface area contributed by atoms with E-state index >= 15 is 0 Å². The minimum atomic E-state index is -0.183. The van der Waals surface area contributed by atoms with Crippen LogP contribution in [-0.4, -0.2) is 41.6 Å². The second-order valence-electron chi connectivity index (χ2n) is 7.90. The zero-order chi connectivity index (χ0) is 18.7. The molecule has 0 saturated carbocycles. The van der Waals surface area contributed by atoms with Gasteiger partial charge >= 0.3 is 0 Å². The molecular formula is C21H29N3O2. The molecule has 1 aliphatic heterocycles. The highest BCUT2D eigenvalue weighted by atomic mass is 16.5. The molecule has 3 atom stereocenters. The molecule has 0 spiro atoms. The van der Waals surface area contributed by atoms with Crippen LogP contribution in [0.1, 0.15) is 43.2 Å². The molecule has 0 aliphatic carbocycles. The average molecular weight is 355 g/mol. The Morgan fingerprint density at radius 1 is 1.27 bits per heavy atom. The summed E-state index contributed by atoms with van der Waals surface area (Å²) in [5, 5.41) is 6.93. The van der Waals surface area contributed by atoms with Crippen LogP contribution in [-0.2, 0) is 0 Å². The van der Waals surface area contributed by atoms with E-state index in [0.717, 1.165) is 18.7 Å². The van der Waals surface area contributed by atoms with Gasteiger partial charge in [-0.25, -0.2) is 0 Å². The zero-order valence-corrected chi connectivity index (χ0v) is 16.2. The van der Waals surface area contributed by atoms with E-state index < -0.39 is 0 Å². The molecule has 0 unspecified atom stereocenters. The van der Waals surface area contributed by atoms with E-state index in [-0.39, 0.29) is 5.91 Å². The average Bonchev–Trinajstić information content (AvgIpc) is 3.09. The molecule has 1 aromatic carbocycles. The number of benzene rings is 1. The van der Waals surface area contributed by atoms with Crippen molar-refractivity contribution >= 4 is 5.91 Å². The summed E-state index contributed by atoms with van der Waals surface area (Å²) in [4.78, 5) is 14.9. The van der Waals surface area contributed by atoms with Crippen molar-refractivity contribution in [3.8, 4) is 11.3 Å². The van der Waals surface area contributed by atoms with Crippen molar-refractivity contribution in [3.05, 3.63) is 41.6 Å². The van der Waals surface area contributed by atoms with Crippen LogP contribution < -0.4 is 5.32 Å². The number of nitrogens with zero attached hydrogens (tertiary/aromatic N) is 2. The fraction of sp³-hybridized carbons (Fsp3) is 0.524. The standard InChI is InChI=1S/C21H29N3O2/c1-14-5-7-18(8-6-14)20-10-19(23-26-20)21(25)22-11-17(4)24-12-15(2)9-16(3)13-24/h5-8,10,15-17H,9,11-13H2,1-4H3,(H,22,25)/t15-,16+,17-/m1/s1. The summed E-state index contributed by atoms with van der Waals surface area (Å²) < 4.78 is 5.34. The van der Waals surface area contributed by atoms with Gasteiger partial charge in [0.15, 0.2) is 11.5 Å². The Kier molecular flexibility index (Phi) is 5.77. The number of nitrogens with one attached hydrogen (secondary N) is 1. The lowest BCUT2D eigenvalue weighted by atomic mass is 9.91. The fourth-order valence-electron chi connectivity index (χ4n) is 3.77. The number of aryl methyl sites for hydroxylation is 1. The van der Waals surface area contributed by atoms with Crippen LogP contribution >= 0.6 is 0 Å². The topological polar surface area (TPSA) is 58.4 Å². The highest BCUT2D eigenvalue weighted by Gasteiger charge is 2.25. The molecule has 0 bridgehead atoms. The molecule has 2 heterocycles. The number of hydrogen-bond acceptors (Lipinski definition) is 4. The predicted octanol–water partition coefficient (Wildman–Crippen LogP) is 3.75. The molecule has 1 amide bonds. The number of rotatable bonds is 5. The minimum Gasteiger partial charge on any atom is -0.355 e. The molecule has 26 heavy (non-hydrogen) atoms. The number of amides is 1. The molecule has 1 saturated heterocycles. The van der Waals surface area contributed by atoms with Gasteiger partial charge in [-0.2, -0.15) is 0 Å². The van der Waals surface area contributed by atoms with Crippen LogP contribution in [0.2, 0.25) is 0 Å². The highest BCUT2D eigenvalue weighted by Crippen LogP contribution is 2.23. The van der Waals surface area contributed by atoms with E-state index in [2.05, 4.69) is 36.1 Å². The van der Waals surface area contributed by atoms with Crippen molar-refractivity contribution in [2.75, 3.05) is 19.6 Å². The van der Waals surface area contributed by atoms with Gasteiger partial charge in [0.1, 0.15) is 0 Å². The first-order valence-electron chi connectivity index (χ1n) is 9.48. The summed E-state index contributed by atoms with van der Waals surface area (Å²) in [7, 11) is 0. The number of aromatic nitrogens is 1. The second-order valence-corrected chi connectivity index (χ2v) is 7.90. The number of carbonyl (C=O) groups excluding carboxylic acids is 1. The Bertz CT molecular complexity index is 728. The lowest BCUT2D eigenvalue weighted by Gasteiger charge is -2.38. The Morgan fingerprint density at radius 2 is 1.92 bits per heavy atom. The minimum absolute atomic E-state index is 0.183. The van der Waals surface area contributed by atoms with Crippen LogP contribution in [0, 0.1) is 18.8 Å². The third-order valence-corrected chi connectivity index (χ3v) is 5.16. The maximum Gasteiger partial charge on any atom is 0.273 e. The van der Waals surface area contributed by atoms with Gasteiger partial charge in [0.2, 0.25) is 0 Å². The van der Waals surface area contributed by atoms with Crippen LogP contribution in [0.3, 0.4) is 0 Å². The van der Waals surface area contributed by atoms with Gasteiger partial charge in [-0.15, -0.1) is 0 Å². The van der Waals surface area contributed by atoms with Crippen LogP contribution in [0.5, 0.6) is 0 Å². The third-order valence-electron chi connectivity index (χ3n) is 5.16. The molecule has 1 N–H and O–H groups in total. The molecule has 140 valence electrons. The number of hydrogen-bond donors (Lipinski definition) is 1. The van der Waals surface area contributed by atoms with Crippen LogP contribution in [0.15, 0.2) is 34.9 Å². The van der Waals surface area contributed by atoms with E-state index in [4.69, 9.17) is 4.52 Å². The first-order chi connectivity index (χ1) is 12.4. The van der Waals surface area contributed by atoms with Crippen molar-refractivity contribution in [3.63, 3.8) is 0 Å². The highest BCUT2D eigenvalue weighted by molar-refractivity contribution is 5.93. The van der Waals surface area contributed by atoms with Crippen molar-refractivity contribution in [2.45, 2.75) is 40.2 Å². The molecule has 3 rings (SSSR count). The lowest BCUT2D eigenvalue weighted by Crippen LogP contribution is -2.48. The Balaban J connectivity index is 1.56. The van der Waals surface area contributed by atoms with Gasteiger partial charge in [0.05, 0.1) is 0 Å². The van der Waals surface area contributed by atoms with Gasteiger partial charge in [0, 0.05) is 37.3 Å². The summed E-state index contributed by atoms with van der Waals surface area (Å²) in [6.07, 6.45) is 1.29. The number of likely N-dealkylation sites (tertiary alicyclic amines) is 1.